The number of nitrogens with zero attached hydrogens (tertiary/aromatic N) is 2. The summed E-state index contributed by atoms with van der Waals surface area (Å²) in [5.41, 5.74) is 0.551. The molecular formula is C11H18N2O2S. The zero-order valence-electron chi connectivity index (χ0n) is 10.0. The van der Waals surface area contributed by atoms with Crippen LogP contribution >= 0.6 is 11.3 Å². The first-order valence-electron chi connectivity index (χ1n) is 5.48. The van der Waals surface area contributed by atoms with Crippen LogP contribution in [0.25, 0.3) is 0 Å². The van der Waals surface area contributed by atoms with Crippen molar-refractivity contribution >= 4 is 22.3 Å². The molecule has 0 spiro atoms. The Bertz CT molecular complexity index is 338. The van der Waals surface area contributed by atoms with Crippen LogP contribution in [0, 0.1) is 0 Å². The summed E-state index contributed by atoms with van der Waals surface area (Å²) in [5, 5.41) is 2.70. The van der Waals surface area contributed by atoms with Gasteiger partial charge in [0.1, 0.15) is 5.69 Å². The van der Waals surface area contributed by atoms with Gasteiger partial charge in [-0.05, 0) is 13.8 Å². The SMILES string of the molecule is CCOCCN(CC)c1nc(C(C)=O)cs1. The van der Waals surface area contributed by atoms with Crippen LogP contribution < -0.4 is 4.90 Å². The van der Waals surface area contributed by atoms with Crippen LogP contribution in [0.3, 0.4) is 0 Å². The van der Waals surface area contributed by atoms with Crippen LogP contribution in [-0.4, -0.2) is 37.1 Å². The number of rotatable bonds is 7. The number of carbonyl (C=O) groups excluding carboxylic acids is 1. The third-order valence-corrected chi connectivity index (χ3v) is 3.12. The van der Waals surface area contributed by atoms with E-state index in [1.54, 1.807) is 5.38 Å². The standard InChI is InChI=1S/C11H18N2O2S/c1-4-13(6-7-15-5-2)11-12-10(8-16-11)9(3)14/h8H,4-7H2,1-3H3. The van der Waals surface area contributed by atoms with Gasteiger partial charge in [0.25, 0.3) is 0 Å². The van der Waals surface area contributed by atoms with E-state index in [4.69, 9.17) is 4.74 Å². The van der Waals surface area contributed by atoms with Gasteiger partial charge in [-0.1, -0.05) is 0 Å². The summed E-state index contributed by atoms with van der Waals surface area (Å²) in [7, 11) is 0. The smallest absolute Gasteiger partial charge is 0.186 e. The Balaban J connectivity index is 2.60. The highest BCUT2D eigenvalue weighted by molar-refractivity contribution is 7.13. The van der Waals surface area contributed by atoms with Crippen molar-refractivity contribution in [3.05, 3.63) is 11.1 Å². The van der Waals surface area contributed by atoms with Crippen molar-refractivity contribution in [2.75, 3.05) is 31.2 Å². The first-order chi connectivity index (χ1) is 7.69. The van der Waals surface area contributed by atoms with E-state index in [0.29, 0.717) is 12.3 Å². The van der Waals surface area contributed by atoms with Crippen molar-refractivity contribution in [3.8, 4) is 0 Å². The molecule has 1 aromatic rings. The maximum Gasteiger partial charge on any atom is 0.186 e. The number of ether oxygens (including phenoxy) is 1. The van der Waals surface area contributed by atoms with E-state index in [1.807, 2.05) is 6.92 Å². The minimum Gasteiger partial charge on any atom is -0.380 e. The molecule has 1 rings (SSSR count). The lowest BCUT2D eigenvalue weighted by atomic mass is 10.4. The fraction of sp³-hybridized carbons (Fsp3) is 0.636. The van der Waals surface area contributed by atoms with Crippen molar-refractivity contribution in [1.29, 1.82) is 0 Å². The van der Waals surface area contributed by atoms with E-state index in [9.17, 15) is 4.79 Å². The Morgan fingerprint density at radius 2 is 2.31 bits per heavy atom. The van der Waals surface area contributed by atoms with Crippen molar-refractivity contribution in [3.63, 3.8) is 0 Å². The fourth-order valence-corrected chi connectivity index (χ4v) is 2.24. The van der Waals surface area contributed by atoms with E-state index in [0.717, 1.165) is 24.8 Å². The van der Waals surface area contributed by atoms with E-state index in [2.05, 4.69) is 16.8 Å². The average molecular weight is 242 g/mol. The summed E-state index contributed by atoms with van der Waals surface area (Å²) in [5.74, 6) is 0.0170. The number of ketones is 1. The van der Waals surface area contributed by atoms with Crippen LogP contribution in [0.1, 0.15) is 31.3 Å². The third kappa shape index (κ3) is 3.57. The lowest BCUT2D eigenvalue weighted by Crippen LogP contribution is -2.27. The fourth-order valence-electron chi connectivity index (χ4n) is 1.28. The van der Waals surface area contributed by atoms with Gasteiger partial charge in [0.15, 0.2) is 10.9 Å². The van der Waals surface area contributed by atoms with Gasteiger partial charge < -0.3 is 9.64 Å². The van der Waals surface area contributed by atoms with E-state index in [1.165, 1.54) is 18.3 Å². The number of anilines is 1. The summed E-state index contributed by atoms with van der Waals surface area (Å²) in [4.78, 5) is 17.5. The summed E-state index contributed by atoms with van der Waals surface area (Å²) >= 11 is 1.51. The molecule has 5 heteroatoms. The number of likely N-dealkylation sites (N-methyl/N-ethyl adjacent to an activating group) is 1. The molecule has 0 saturated carbocycles. The number of hydrogen-bond donors (Lipinski definition) is 0. The largest absolute Gasteiger partial charge is 0.380 e. The van der Waals surface area contributed by atoms with Crippen molar-refractivity contribution < 1.29 is 9.53 Å². The van der Waals surface area contributed by atoms with Crippen molar-refractivity contribution in [1.82, 2.24) is 4.98 Å². The zero-order valence-corrected chi connectivity index (χ0v) is 10.8. The van der Waals surface area contributed by atoms with Gasteiger partial charge in [0.05, 0.1) is 6.61 Å². The quantitative estimate of drug-likeness (QED) is 0.543. The van der Waals surface area contributed by atoms with Gasteiger partial charge >= 0.3 is 0 Å². The van der Waals surface area contributed by atoms with Crippen LogP contribution in [-0.2, 0) is 4.74 Å². The maximum absolute atomic E-state index is 11.1. The van der Waals surface area contributed by atoms with Gasteiger partial charge in [-0.3, -0.25) is 4.79 Å². The third-order valence-electron chi connectivity index (χ3n) is 2.21. The molecule has 90 valence electrons. The van der Waals surface area contributed by atoms with Crippen molar-refractivity contribution in [2.24, 2.45) is 0 Å². The molecule has 0 aromatic carbocycles. The number of carbonyl (C=O) groups is 1. The van der Waals surface area contributed by atoms with Gasteiger partial charge in [-0.15, -0.1) is 11.3 Å². The Labute approximate surface area is 100 Å². The van der Waals surface area contributed by atoms with Gasteiger partial charge in [0.2, 0.25) is 0 Å². The van der Waals surface area contributed by atoms with Crippen molar-refractivity contribution in [2.45, 2.75) is 20.8 Å². The summed E-state index contributed by atoms with van der Waals surface area (Å²) in [6, 6.07) is 0. The highest BCUT2D eigenvalue weighted by Gasteiger charge is 2.11. The molecule has 0 N–H and O–H groups in total. The first-order valence-corrected chi connectivity index (χ1v) is 6.36. The minimum absolute atomic E-state index is 0.0170. The zero-order chi connectivity index (χ0) is 12.0. The van der Waals surface area contributed by atoms with Gasteiger partial charge in [0, 0.05) is 32.0 Å². The molecule has 0 aliphatic rings. The van der Waals surface area contributed by atoms with Crippen LogP contribution in [0.4, 0.5) is 5.13 Å². The molecule has 1 heterocycles. The Kier molecular flexibility index (Phi) is 5.42. The molecule has 0 saturated heterocycles. The lowest BCUT2D eigenvalue weighted by Gasteiger charge is -2.19. The molecule has 0 unspecified atom stereocenters. The molecule has 0 amide bonds. The lowest BCUT2D eigenvalue weighted by molar-refractivity contribution is 0.101. The second-order valence-electron chi connectivity index (χ2n) is 3.35. The van der Waals surface area contributed by atoms with E-state index >= 15 is 0 Å². The Morgan fingerprint density at radius 1 is 1.56 bits per heavy atom. The van der Waals surface area contributed by atoms with E-state index < -0.39 is 0 Å². The van der Waals surface area contributed by atoms with Gasteiger partial charge in [-0.2, -0.15) is 0 Å². The molecule has 0 bridgehead atoms. The highest BCUT2D eigenvalue weighted by atomic mass is 32.1. The molecule has 0 aliphatic carbocycles. The minimum atomic E-state index is 0.0170. The summed E-state index contributed by atoms with van der Waals surface area (Å²) < 4.78 is 5.31. The number of thiazole rings is 1. The average Bonchev–Trinajstić information content (AvgIpc) is 2.74. The predicted octanol–water partition coefficient (Wildman–Crippen LogP) is 2.21. The summed E-state index contributed by atoms with van der Waals surface area (Å²) in [6.45, 7) is 8.70. The maximum atomic E-state index is 11.1. The molecule has 0 aliphatic heterocycles. The molecular weight excluding hydrogens is 224 g/mol. The molecule has 0 atom stereocenters. The van der Waals surface area contributed by atoms with Gasteiger partial charge in [-0.25, -0.2) is 4.98 Å². The molecule has 0 radical (unpaired) electrons. The number of aromatic nitrogens is 1. The Hall–Kier alpha value is -0.940. The topological polar surface area (TPSA) is 42.4 Å². The molecule has 16 heavy (non-hydrogen) atoms. The second-order valence-corrected chi connectivity index (χ2v) is 4.18. The second kappa shape index (κ2) is 6.60. The predicted molar refractivity (Wildman–Crippen MR) is 66.5 cm³/mol. The van der Waals surface area contributed by atoms with Crippen LogP contribution in [0.2, 0.25) is 0 Å². The Morgan fingerprint density at radius 3 is 2.81 bits per heavy atom. The molecule has 1 aromatic heterocycles. The molecule has 0 fully saturated rings. The first kappa shape index (κ1) is 13.1. The highest BCUT2D eigenvalue weighted by Crippen LogP contribution is 2.20. The number of Topliss-reactive ketones (excluding diaryl/α,β-unsaturated/α-hetero) is 1. The van der Waals surface area contributed by atoms with E-state index in [-0.39, 0.29) is 5.78 Å². The number of hydrogen-bond acceptors (Lipinski definition) is 5. The molecule has 4 nitrogen and oxygen atoms in total. The normalized spacial score (nSPS) is 10.4. The summed E-state index contributed by atoms with van der Waals surface area (Å²) in [6.07, 6.45) is 0. The monoisotopic (exact) mass is 242 g/mol. The van der Waals surface area contributed by atoms with Crippen LogP contribution in [0.15, 0.2) is 5.38 Å². The van der Waals surface area contributed by atoms with Crippen LogP contribution in [0.5, 0.6) is 0 Å².